The van der Waals surface area contributed by atoms with Crippen LogP contribution in [0.15, 0.2) is 41.4 Å². The molecule has 0 bridgehead atoms. The molecule has 2 heterocycles. The number of aromatic amines is 1. The zero-order valence-electron chi connectivity index (χ0n) is 17.4. The zero-order valence-corrected chi connectivity index (χ0v) is 18.2. The Morgan fingerprint density at radius 1 is 1.27 bits per heavy atom. The van der Waals surface area contributed by atoms with Gasteiger partial charge in [-0.05, 0) is 55.2 Å². The number of hydrogen-bond donors (Lipinski definition) is 2. The summed E-state index contributed by atoms with van der Waals surface area (Å²) >= 11 is 0. The lowest BCUT2D eigenvalue weighted by Gasteiger charge is -2.19. The van der Waals surface area contributed by atoms with Crippen molar-refractivity contribution in [3.63, 3.8) is 0 Å². The van der Waals surface area contributed by atoms with Crippen molar-refractivity contribution in [3.05, 3.63) is 58.2 Å². The Bertz CT molecular complexity index is 1340. The Morgan fingerprint density at radius 2 is 2.07 bits per heavy atom. The van der Waals surface area contributed by atoms with Gasteiger partial charge in [0, 0.05) is 23.2 Å². The van der Waals surface area contributed by atoms with Gasteiger partial charge in [-0.25, -0.2) is 13.4 Å². The van der Waals surface area contributed by atoms with Gasteiger partial charge in [-0.2, -0.15) is 0 Å². The zero-order chi connectivity index (χ0) is 21.5. The van der Waals surface area contributed by atoms with Crippen LogP contribution >= 0.6 is 0 Å². The van der Waals surface area contributed by atoms with E-state index in [2.05, 4.69) is 16.0 Å². The Balaban J connectivity index is 2.06. The number of sulfone groups is 1. The molecule has 3 aromatic rings. The highest BCUT2D eigenvalue weighted by Crippen LogP contribution is 2.26. The van der Waals surface area contributed by atoms with Gasteiger partial charge in [0.1, 0.15) is 17.5 Å². The van der Waals surface area contributed by atoms with Crippen molar-refractivity contribution in [2.24, 2.45) is 0 Å². The van der Waals surface area contributed by atoms with Crippen molar-refractivity contribution < 1.29 is 18.3 Å². The van der Waals surface area contributed by atoms with Crippen LogP contribution in [0.1, 0.15) is 37.8 Å². The van der Waals surface area contributed by atoms with Gasteiger partial charge in [0.25, 0.3) is 0 Å². The van der Waals surface area contributed by atoms with Crippen LogP contribution in [-0.4, -0.2) is 42.0 Å². The summed E-state index contributed by atoms with van der Waals surface area (Å²) in [7, 11) is -3.29. The topological polar surface area (TPSA) is 92.3 Å². The third-order valence-electron chi connectivity index (χ3n) is 5.49. The minimum absolute atomic E-state index is 0.0656. The summed E-state index contributed by atoms with van der Waals surface area (Å²) in [6.07, 6.45) is 2.86. The maximum atomic E-state index is 12.4. The van der Waals surface area contributed by atoms with E-state index >= 15 is 0 Å². The summed E-state index contributed by atoms with van der Waals surface area (Å²) in [5.41, 5.74) is 3.77. The van der Waals surface area contributed by atoms with Crippen LogP contribution in [-0.2, 0) is 14.6 Å². The standard InChI is InChI=1S/C23H26N2O4S/c1-4-30(27,28)17-7-5-6-16(11-17)18-8-9-20(29-15(3)13-26)22-21(18)19-10-14(2)12-24-23(19)25-22/h5-7,10-12,15,26H,4,8-9,13H2,1-3H3,(H,24,25)/t15-/m1/s1. The van der Waals surface area contributed by atoms with Crippen molar-refractivity contribution in [2.75, 3.05) is 12.4 Å². The monoisotopic (exact) mass is 426 g/mol. The molecule has 1 aromatic carbocycles. The first-order valence-corrected chi connectivity index (χ1v) is 11.8. The SMILES string of the molecule is CCS(=O)(=O)c1cccc(C2=c3c([nH]c4ncc(C)cc34)=C(O[C@H](C)CO)CC2)c1. The molecule has 1 aliphatic carbocycles. The summed E-state index contributed by atoms with van der Waals surface area (Å²) in [6, 6.07) is 9.26. The van der Waals surface area contributed by atoms with E-state index in [1.165, 1.54) is 0 Å². The number of nitrogens with zero attached hydrogens (tertiary/aromatic N) is 1. The van der Waals surface area contributed by atoms with E-state index in [0.29, 0.717) is 17.7 Å². The number of hydrogen-bond acceptors (Lipinski definition) is 5. The molecule has 6 nitrogen and oxygen atoms in total. The highest BCUT2D eigenvalue weighted by Gasteiger charge is 2.21. The second-order valence-corrected chi connectivity index (χ2v) is 10.0. The number of pyridine rings is 1. The third-order valence-corrected chi connectivity index (χ3v) is 7.22. The van der Waals surface area contributed by atoms with Crippen molar-refractivity contribution >= 4 is 32.2 Å². The van der Waals surface area contributed by atoms with E-state index in [0.717, 1.165) is 44.1 Å². The van der Waals surface area contributed by atoms with Crippen LogP contribution in [0.4, 0.5) is 0 Å². The van der Waals surface area contributed by atoms with Gasteiger partial charge in [-0.1, -0.05) is 19.1 Å². The maximum Gasteiger partial charge on any atom is 0.178 e. The summed E-state index contributed by atoms with van der Waals surface area (Å²) in [5, 5.41) is 12.3. The van der Waals surface area contributed by atoms with Gasteiger partial charge < -0.3 is 14.8 Å². The van der Waals surface area contributed by atoms with Gasteiger partial charge in [0.05, 0.1) is 22.6 Å². The molecule has 0 amide bonds. The average molecular weight is 427 g/mol. The third kappa shape index (κ3) is 3.63. The molecule has 158 valence electrons. The van der Waals surface area contributed by atoms with Crippen molar-refractivity contribution in [1.82, 2.24) is 9.97 Å². The molecular formula is C23H26N2O4S. The fourth-order valence-electron chi connectivity index (χ4n) is 3.92. The molecule has 0 unspecified atom stereocenters. The smallest absolute Gasteiger partial charge is 0.178 e. The maximum absolute atomic E-state index is 12.4. The van der Waals surface area contributed by atoms with Crippen LogP contribution in [0, 0.1) is 6.92 Å². The number of aryl methyl sites for hydroxylation is 1. The number of benzene rings is 1. The molecule has 4 rings (SSSR count). The van der Waals surface area contributed by atoms with Crippen molar-refractivity contribution in [2.45, 2.75) is 44.6 Å². The number of aromatic nitrogens is 2. The number of aliphatic hydroxyl groups is 1. The van der Waals surface area contributed by atoms with Crippen LogP contribution in [0.25, 0.3) is 22.4 Å². The lowest BCUT2D eigenvalue weighted by molar-refractivity contribution is 0.0996. The van der Waals surface area contributed by atoms with E-state index in [-0.39, 0.29) is 18.5 Å². The van der Waals surface area contributed by atoms with E-state index in [4.69, 9.17) is 4.74 Å². The number of ether oxygens (including phenoxy) is 1. The van der Waals surface area contributed by atoms with Crippen LogP contribution in [0.2, 0.25) is 0 Å². The molecule has 2 aromatic heterocycles. The molecule has 0 radical (unpaired) electrons. The van der Waals surface area contributed by atoms with Crippen molar-refractivity contribution in [3.8, 4) is 0 Å². The largest absolute Gasteiger partial charge is 0.490 e. The van der Waals surface area contributed by atoms with Crippen LogP contribution < -0.4 is 10.6 Å². The molecule has 2 N–H and O–H groups in total. The highest BCUT2D eigenvalue weighted by molar-refractivity contribution is 7.91. The second-order valence-electron chi connectivity index (χ2n) is 7.73. The molecular weight excluding hydrogens is 400 g/mol. The molecule has 0 aliphatic heterocycles. The summed E-state index contributed by atoms with van der Waals surface area (Å²) < 4.78 is 30.8. The molecule has 30 heavy (non-hydrogen) atoms. The quantitative estimate of drug-likeness (QED) is 0.630. The molecule has 0 saturated heterocycles. The molecule has 0 spiro atoms. The van der Waals surface area contributed by atoms with Gasteiger partial charge in [0.15, 0.2) is 9.84 Å². The van der Waals surface area contributed by atoms with Gasteiger partial charge >= 0.3 is 0 Å². The highest BCUT2D eigenvalue weighted by atomic mass is 32.2. The summed E-state index contributed by atoms with van der Waals surface area (Å²) in [4.78, 5) is 8.26. The Kier molecular flexibility index (Phi) is 5.42. The fourth-order valence-corrected chi connectivity index (χ4v) is 4.84. The molecule has 1 aliphatic rings. The van der Waals surface area contributed by atoms with E-state index in [1.54, 1.807) is 25.1 Å². The Labute approximate surface area is 175 Å². The molecule has 1 atom stereocenters. The fraction of sp³-hybridized carbons (Fsp3) is 0.348. The first-order valence-electron chi connectivity index (χ1n) is 10.2. The van der Waals surface area contributed by atoms with Gasteiger partial charge in [-0.15, -0.1) is 0 Å². The van der Waals surface area contributed by atoms with Gasteiger partial charge in [0.2, 0.25) is 0 Å². The Morgan fingerprint density at radius 3 is 2.80 bits per heavy atom. The summed E-state index contributed by atoms with van der Waals surface area (Å²) in [6.45, 7) is 5.42. The lowest BCUT2D eigenvalue weighted by Crippen LogP contribution is -2.34. The first-order chi connectivity index (χ1) is 14.3. The number of H-pyrrole nitrogens is 1. The first kappa shape index (κ1) is 20.6. The lowest BCUT2D eigenvalue weighted by atomic mass is 9.94. The molecule has 7 heteroatoms. The van der Waals surface area contributed by atoms with E-state index < -0.39 is 9.84 Å². The number of rotatable bonds is 6. The number of aliphatic hydroxyl groups excluding tert-OH is 1. The molecule has 0 fully saturated rings. The van der Waals surface area contributed by atoms with E-state index in [1.807, 2.05) is 26.1 Å². The van der Waals surface area contributed by atoms with Gasteiger partial charge in [-0.3, -0.25) is 0 Å². The van der Waals surface area contributed by atoms with E-state index in [9.17, 15) is 13.5 Å². The number of fused-ring (bicyclic) bond motifs is 3. The van der Waals surface area contributed by atoms with Crippen LogP contribution in [0.5, 0.6) is 0 Å². The second kappa shape index (κ2) is 7.89. The van der Waals surface area contributed by atoms with Crippen molar-refractivity contribution in [1.29, 1.82) is 0 Å². The number of nitrogens with one attached hydrogen (secondary N) is 1. The normalized spacial score (nSPS) is 15.3. The summed E-state index contributed by atoms with van der Waals surface area (Å²) in [5.74, 6) is 0.862. The average Bonchev–Trinajstić information content (AvgIpc) is 3.13. The minimum Gasteiger partial charge on any atom is -0.490 e. The Hall–Kier alpha value is -2.64. The predicted octanol–water partition coefficient (Wildman–Crippen LogP) is 2.16. The van der Waals surface area contributed by atoms with Crippen LogP contribution in [0.3, 0.4) is 0 Å². The minimum atomic E-state index is -3.29. The molecule has 0 saturated carbocycles. The predicted molar refractivity (Wildman–Crippen MR) is 117 cm³/mol.